The molecule has 2 aromatic rings. The van der Waals surface area contributed by atoms with Gasteiger partial charge in [0.15, 0.2) is 0 Å². The van der Waals surface area contributed by atoms with E-state index in [0.717, 1.165) is 0 Å². The number of nitrogens with zero attached hydrogens (tertiary/aromatic N) is 5. The van der Waals surface area contributed by atoms with Gasteiger partial charge >= 0.3 is 5.97 Å². The zero-order valence-corrected chi connectivity index (χ0v) is 11.7. The van der Waals surface area contributed by atoms with Gasteiger partial charge in [-0.15, -0.1) is 16.4 Å². The summed E-state index contributed by atoms with van der Waals surface area (Å²) in [7, 11) is 1.57. The van der Waals surface area contributed by atoms with E-state index >= 15 is 0 Å². The molecule has 9 heteroatoms. The number of aliphatic carboxylic acids is 1. The van der Waals surface area contributed by atoms with Crippen molar-refractivity contribution in [3.05, 3.63) is 22.7 Å². The third kappa shape index (κ3) is 2.82. The fourth-order valence-corrected chi connectivity index (χ4v) is 2.53. The molecule has 0 saturated carbocycles. The molecule has 1 unspecified atom stereocenters. The molecule has 2 aromatic heterocycles. The summed E-state index contributed by atoms with van der Waals surface area (Å²) in [4.78, 5) is 25.0. The van der Waals surface area contributed by atoms with Crippen LogP contribution in [0.4, 0.5) is 0 Å². The molecule has 1 atom stereocenters. The van der Waals surface area contributed by atoms with Crippen molar-refractivity contribution in [1.29, 1.82) is 0 Å². The Kier molecular flexibility index (Phi) is 4.08. The van der Waals surface area contributed by atoms with Gasteiger partial charge in [0.25, 0.3) is 5.91 Å². The number of hydrogen-bond donors (Lipinski definition) is 1. The van der Waals surface area contributed by atoms with Crippen molar-refractivity contribution in [2.45, 2.75) is 6.92 Å². The summed E-state index contributed by atoms with van der Waals surface area (Å²) >= 11 is 1.26. The lowest BCUT2D eigenvalue weighted by atomic mass is 10.2. The highest BCUT2D eigenvalue weighted by Crippen LogP contribution is 2.21. The van der Waals surface area contributed by atoms with Crippen molar-refractivity contribution in [2.75, 3.05) is 13.6 Å². The summed E-state index contributed by atoms with van der Waals surface area (Å²) in [5.74, 6) is -1.81. The van der Waals surface area contributed by atoms with Crippen molar-refractivity contribution in [1.82, 2.24) is 25.1 Å². The predicted octanol–water partition coefficient (Wildman–Crippen LogP) is 0.516. The number of amides is 1. The first kappa shape index (κ1) is 14.1. The molecule has 0 saturated heterocycles. The normalized spacial score (nSPS) is 12.1. The van der Waals surface area contributed by atoms with Crippen LogP contribution in [0.1, 0.15) is 16.6 Å². The maximum Gasteiger partial charge on any atom is 0.308 e. The maximum atomic E-state index is 12.3. The number of tetrazole rings is 1. The van der Waals surface area contributed by atoms with Gasteiger partial charge in [-0.25, -0.2) is 0 Å². The van der Waals surface area contributed by atoms with Crippen LogP contribution in [0.25, 0.3) is 5.69 Å². The molecule has 2 heterocycles. The number of rotatable bonds is 5. The lowest BCUT2D eigenvalue weighted by Crippen LogP contribution is -2.33. The Balaban J connectivity index is 2.18. The second-order valence-electron chi connectivity index (χ2n) is 4.31. The fourth-order valence-electron chi connectivity index (χ4n) is 1.66. The van der Waals surface area contributed by atoms with Crippen LogP contribution in [0.15, 0.2) is 17.8 Å². The van der Waals surface area contributed by atoms with Gasteiger partial charge in [-0.05, 0) is 21.9 Å². The zero-order chi connectivity index (χ0) is 14.7. The van der Waals surface area contributed by atoms with Crippen LogP contribution < -0.4 is 0 Å². The van der Waals surface area contributed by atoms with Gasteiger partial charge in [0.05, 0.1) is 11.6 Å². The summed E-state index contributed by atoms with van der Waals surface area (Å²) in [6.07, 6.45) is 1.40. The summed E-state index contributed by atoms with van der Waals surface area (Å²) in [6, 6.07) is 1.74. The van der Waals surface area contributed by atoms with E-state index in [4.69, 9.17) is 5.11 Å². The highest BCUT2D eigenvalue weighted by Gasteiger charge is 2.22. The first-order valence-electron chi connectivity index (χ1n) is 5.80. The van der Waals surface area contributed by atoms with Gasteiger partial charge in [-0.1, -0.05) is 6.92 Å². The Morgan fingerprint density at radius 2 is 2.30 bits per heavy atom. The Bertz CT molecular complexity index is 609. The molecule has 0 aliphatic heterocycles. The summed E-state index contributed by atoms with van der Waals surface area (Å²) in [5.41, 5.74) is 0.583. The number of carbonyl (C=O) groups excluding carboxylic acids is 1. The fraction of sp³-hybridized carbons (Fsp3) is 0.364. The molecule has 0 bridgehead atoms. The highest BCUT2D eigenvalue weighted by molar-refractivity contribution is 7.12. The zero-order valence-electron chi connectivity index (χ0n) is 10.9. The molecule has 20 heavy (non-hydrogen) atoms. The minimum atomic E-state index is -0.934. The van der Waals surface area contributed by atoms with Crippen LogP contribution in [0.3, 0.4) is 0 Å². The lowest BCUT2D eigenvalue weighted by molar-refractivity contribution is -0.141. The van der Waals surface area contributed by atoms with E-state index in [9.17, 15) is 9.59 Å². The minimum Gasteiger partial charge on any atom is -0.481 e. The average molecular weight is 295 g/mol. The number of thiophene rings is 1. The number of hydrogen-bond acceptors (Lipinski definition) is 6. The molecule has 106 valence electrons. The van der Waals surface area contributed by atoms with E-state index in [1.807, 2.05) is 0 Å². The Morgan fingerprint density at radius 3 is 2.90 bits per heavy atom. The molecule has 0 aliphatic rings. The van der Waals surface area contributed by atoms with Gasteiger partial charge in [-0.3, -0.25) is 9.59 Å². The molecule has 0 aliphatic carbocycles. The molecule has 0 radical (unpaired) electrons. The van der Waals surface area contributed by atoms with Crippen molar-refractivity contribution in [3.8, 4) is 5.69 Å². The summed E-state index contributed by atoms with van der Waals surface area (Å²) in [5, 5.41) is 21.5. The number of carboxylic acids is 1. The van der Waals surface area contributed by atoms with Crippen molar-refractivity contribution < 1.29 is 14.7 Å². The second-order valence-corrected chi connectivity index (χ2v) is 5.23. The van der Waals surface area contributed by atoms with E-state index < -0.39 is 11.9 Å². The standard InChI is InChI=1S/C11H13N5O3S/c1-7(11(18)19)5-15(2)10(17)9-8(3-4-20-9)16-6-12-13-14-16/h3-4,6-7H,5H2,1-2H3,(H,18,19). The van der Waals surface area contributed by atoms with Gasteiger partial charge in [-0.2, -0.15) is 4.68 Å². The first-order chi connectivity index (χ1) is 9.50. The SMILES string of the molecule is CC(CN(C)C(=O)c1sccc1-n1cnnn1)C(=O)O. The molecular weight excluding hydrogens is 282 g/mol. The third-order valence-electron chi connectivity index (χ3n) is 2.75. The van der Waals surface area contributed by atoms with Crippen molar-refractivity contribution >= 4 is 23.2 Å². The Labute approximate surface area is 118 Å². The minimum absolute atomic E-state index is 0.140. The number of carboxylic acid groups (broad SMARTS) is 1. The lowest BCUT2D eigenvalue weighted by Gasteiger charge is -2.19. The maximum absolute atomic E-state index is 12.3. The van der Waals surface area contributed by atoms with Crippen molar-refractivity contribution in [2.24, 2.45) is 5.92 Å². The third-order valence-corrected chi connectivity index (χ3v) is 3.64. The molecule has 0 aromatic carbocycles. The van der Waals surface area contributed by atoms with Crippen LogP contribution in [0.5, 0.6) is 0 Å². The molecule has 1 N–H and O–H groups in total. The van der Waals surface area contributed by atoms with E-state index in [1.54, 1.807) is 25.4 Å². The molecule has 8 nitrogen and oxygen atoms in total. The molecule has 0 spiro atoms. The van der Waals surface area contributed by atoms with E-state index in [0.29, 0.717) is 10.6 Å². The predicted molar refractivity (Wildman–Crippen MR) is 70.8 cm³/mol. The molecular formula is C11H13N5O3S. The van der Waals surface area contributed by atoms with Crippen molar-refractivity contribution in [3.63, 3.8) is 0 Å². The van der Waals surface area contributed by atoms with Gasteiger partial charge in [0, 0.05) is 13.6 Å². The second kappa shape index (κ2) is 5.78. The molecule has 0 fully saturated rings. The van der Waals surface area contributed by atoms with Gasteiger partial charge in [0.2, 0.25) is 0 Å². The van der Waals surface area contributed by atoms with Crippen LogP contribution in [-0.4, -0.2) is 55.7 Å². The van der Waals surface area contributed by atoms with E-state index in [1.165, 1.54) is 27.2 Å². The molecule has 2 rings (SSSR count). The topological polar surface area (TPSA) is 101 Å². The average Bonchev–Trinajstić information content (AvgIpc) is 3.07. The smallest absolute Gasteiger partial charge is 0.308 e. The summed E-state index contributed by atoms with van der Waals surface area (Å²) < 4.78 is 1.40. The van der Waals surface area contributed by atoms with Gasteiger partial charge in [0.1, 0.15) is 11.2 Å². The van der Waals surface area contributed by atoms with E-state index in [2.05, 4.69) is 15.5 Å². The Morgan fingerprint density at radius 1 is 1.55 bits per heavy atom. The Hall–Kier alpha value is -2.29. The van der Waals surface area contributed by atoms with Crippen LogP contribution in [0.2, 0.25) is 0 Å². The van der Waals surface area contributed by atoms with Crippen LogP contribution in [-0.2, 0) is 4.79 Å². The van der Waals surface area contributed by atoms with Crippen LogP contribution in [0, 0.1) is 5.92 Å². The first-order valence-corrected chi connectivity index (χ1v) is 6.67. The number of carbonyl (C=O) groups is 2. The van der Waals surface area contributed by atoms with Crippen LogP contribution >= 0.6 is 11.3 Å². The van der Waals surface area contributed by atoms with Gasteiger partial charge < -0.3 is 10.0 Å². The largest absolute Gasteiger partial charge is 0.481 e. The highest BCUT2D eigenvalue weighted by atomic mass is 32.1. The molecule has 1 amide bonds. The summed E-state index contributed by atoms with van der Waals surface area (Å²) in [6.45, 7) is 1.70. The van der Waals surface area contributed by atoms with E-state index in [-0.39, 0.29) is 12.5 Å². The quantitative estimate of drug-likeness (QED) is 0.862. The number of aromatic nitrogens is 4. The monoisotopic (exact) mass is 295 g/mol.